The molecule has 1 fully saturated rings. The molecule has 0 amide bonds. The van der Waals surface area contributed by atoms with E-state index in [0.717, 1.165) is 29.3 Å². The number of hydrogen-bond donors (Lipinski definition) is 1. The number of nitrogens with zero attached hydrogens (tertiary/aromatic N) is 3. The molecule has 1 aliphatic heterocycles. The minimum Gasteiger partial charge on any atom is -0.347 e. The van der Waals surface area contributed by atoms with Crippen LogP contribution in [0.4, 0.5) is 10.8 Å². The first-order valence-electron chi connectivity index (χ1n) is 6.64. The van der Waals surface area contributed by atoms with Gasteiger partial charge in [-0.15, -0.1) is 0 Å². The van der Waals surface area contributed by atoms with Gasteiger partial charge >= 0.3 is 0 Å². The lowest BCUT2D eigenvalue weighted by molar-refractivity contribution is -0.384. The minimum absolute atomic E-state index is 0.0982. The number of non-ortho nitro benzene ring substituents is 1. The predicted octanol–water partition coefficient (Wildman–Crippen LogP) is 2.39. The van der Waals surface area contributed by atoms with Gasteiger partial charge in [0, 0.05) is 31.3 Å². The van der Waals surface area contributed by atoms with Crippen molar-refractivity contribution in [3.63, 3.8) is 0 Å². The van der Waals surface area contributed by atoms with Crippen LogP contribution in [0.2, 0.25) is 0 Å². The molecule has 2 aromatic rings. The molecule has 1 N–H and O–H groups in total. The lowest BCUT2D eigenvalue weighted by Crippen LogP contribution is -2.44. The summed E-state index contributed by atoms with van der Waals surface area (Å²) >= 11 is 1.60. The van der Waals surface area contributed by atoms with Crippen molar-refractivity contribution in [1.29, 1.82) is 0 Å². The molecule has 106 valence electrons. The highest BCUT2D eigenvalue weighted by Gasteiger charge is 2.21. The van der Waals surface area contributed by atoms with E-state index in [9.17, 15) is 10.1 Å². The highest BCUT2D eigenvalue weighted by Crippen LogP contribution is 2.32. The minimum atomic E-state index is -0.379. The highest BCUT2D eigenvalue weighted by atomic mass is 32.1. The van der Waals surface area contributed by atoms with Gasteiger partial charge in [0.2, 0.25) is 0 Å². The molecule has 0 aliphatic carbocycles. The van der Waals surface area contributed by atoms with E-state index in [1.54, 1.807) is 23.5 Å². The third-order valence-corrected chi connectivity index (χ3v) is 4.77. The Kier molecular flexibility index (Phi) is 3.54. The molecule has 0 radical (unpaired) electrons. The maximum absolute atomic E-state index is 10.8. The number of likely N-dealkylation sites (N-methyl/N-ethyl adjacent to an activating group) is 1. The largest absolute Gasteiger partial charge is 0.347 e. The van der Waals surface area contributed by atoms with Crippen LogP contribution in [-0.2, 0) is 0 Å². The van der Waals surface area contributed by atoms with Gasteiger partial charge in [0.25, 0.3) is 5.69 Å². The number of piperidine rings is 1. The predicted molar refractivity (Wildman–Crippen MR) is 80.6 cm³/mol. The summed E-state index contributed by atoms with van der Waals surface area (Å²) in [4.78, 5) is 17.2. The second-order valence-electron chi connectivity index (χ2n) is 4.98. The summed E-state index contributed by atoms with van der Waals surface area (Å²) in [7, 11) is 1.98. The first-order valence-corrected chi connectivity index (χ1v) is 7.46. The zero-order valence-corrected chi connectivity index (χ0v) is 12.0. The lowest BCUT2D eigenvalue weighted by atomic mass is 10.1. The van der Waals surface area contributed by atoms with Crippen molar-refractivity contribution in [3.05, 3.63) is 28.3 Å². The average Bonchev–Trinajstić information content (AvgIpc) is 2.90. The summed E-state index contributed by atoms with van der Waals surface area (Å²) in [6, 6.07) is 5.37. The van der Waals surface area contributed by atoms with Crippen molar-refractivity contribution in [2.75, 3.05) is 25.0 Å². The Hall–Kier alpha value is -1.73. The summed E-state index contributed by atoms with van der Waals surface area (Å²) in [5, 5.41) is 15.1. The third-order valence-electron chi connectivity index (χ3n) is 3.67. The third kappa shape index (κ3) is 2.46. The van der Waals surface area contributed by atoms with E-state index in [1.807, 2.05) is 7.05 Å². The number of rotatable bonds is 3. The monoisotopic (exact) mass is 292 g/mol. The van der Waals surface area contributed by atoms with E-state index in [1.165, 1.54) is 12.5 Å². The van der Waals surface area contributed by atoms with Gasteiger partial charge < -0.3 is 10.2 Å². The molecule has 1 aromatic carbocycles. The van der Waals surface area contributed by atoms with Gasteiger partial charge in [-0.2, -0.15) is 0 Å². The fraction of sp³-hybridized carbons (Fsp3) is 0.462. The summed E-state index contributed by atoms with van der Waals surface area (Å²) in [6.45, 7) is 1.94. The second kappa shape index (κ2) is 5.34. The van der Waals surface area contributed by atoms with Crippen molar-refractivity contribution < 1.29 is 4.92 Å². The van der Waals surface area contributed by atoms with Crippen LogP contribution in [0, 0.1) is 10.1 Å². The number of anilines is 1. The Morgan fingerprint density at radius 3 is 3.15 bits per heavy atom. The summed E-state index contributed by atoms with van der Waals surface area (Å²) in [5.41, 5.74) is 0.812. The number of benzene rings is 1. The van der Waals surface area contributed by atoms with E-state index < -0.39 is 0 Å². The molecular formula is C13H16N4O2S. The Morgan fingerprint density at radius 2 is 2.40 bits per heavy atom. The van der Waals surface area contributed by atoms with Crippen LogP contribution in [0.25, 0.3) is 10.2 Å². The van der Waals surface area contributed by atoms with Gasteiger partial charge in [0.05, 0.1) is 15.1 Å². The van der Waals surface area contributed by atoms with Crippen molar-refractivity contribution >= 4 is 32.4 Å². The van der Waals surface area contributed by atoms with E-state index in [2.05, 4.69) is 15.2 Å². The van der Waals surface area contributed by atoms with Gasteiger partial charge in [-0.25, -0.2) is 4.98 Å². The van der Waals surface area contributed by atoms with Crippen molar-refractivity contribution in [2.45, 2.75) is 18.9 Å². The van der Waals surface area contributed by atoms with E-state index >= 15 is 0 Å². The number of hydrogen-bond acceptors (Lipinski definition) is 6. The molecule has 0 spiro atoms. The van der Waals surface area contributed by atoms with Crippen LogP contribution >= 0.6 is 11.3 Å². The Labute approximate surface area is 120 Å². The van der Waals surface area contributed by atoms with Crippen molar-refractivity contribution in [3.8, 4) is 0 Å². The first kappa shape index (κ1) is 13.3. The summed E-state index contributed by atoms with van der Waals surface area (Å²) < 4.78 is 0.997. The topological polar surface area (TPSA) is 71.3 Å². The van der Waals surface area contributed by atoms with Gasteiger partial charge in [0.15, 0.2) is 5.13 Å². The van der Waals surface area contributed by atoms with E-state index in [-0.39, 0.29) is 10.6 Å². The lowest BCUT2D eigenvalue weighted by Gasteiger charge is -2.32. The normalized spacial score (nSPS) is 19.4. The van der Waals surface area contributed by atoms with E-state index in [0.29, 0.717) is 11.6 Å². The molecule has 3 rings (SSSR count). The Balaban J connectivity index is 1.90. The molecule has 1 aromatic heterocycles. The first-order chi connectivity index (χ1) is 9.67. The molecule has 0 saturated carbocycles. The van der Waals surface area contributed by atoms with Crippen LogP contribution in [0.5, 0.6) is 0 Å². The van der Waals surface area contributed by atoms with Gasteiger partial charge in [-0.05, 0) is 26.0 Å². The van der Waals surface area contributed by atoms with Gasteiger partial charge in [0.1, 0.15) is 0 Å². The standard InChI is InChI=1S/C13H16N4O2S/c1-14-9-3-2-6-16(8-9)13-15-11-7-10(17(18)19)4-5-12(11)20-13/h4-5,7,9,14H,2-3,6,8H2,1H3. The number of aromatic nitrogens is 1. The Morgan fingerprint density at radius 1 is 1.55 bits per heavy atom. The number of nitro benzene ring substituents is 1. The molecule has 1 saturated heterocycles. The van der Waals surface area contributed by atoms with Crippen molar-refractivity contribution in [1.82, 2.24) is 10.3 Å². The van der Waals surface area contributed by atoms with Crippen LogP contribution in [0.3, 0.4) is 0 Å². The van der Waals surface area contributed by atoms with Crippen LogP contribution < -0.4 is 10.2 Å². The number of fused-ring (bicyclic) bond motifs is 1. The van der Waals surface area contributed by atoms with Crippen LogP contribution in [-0.4, -0.2) is 36.1 Å². The summed E-state index contributed by atoms with van der Waals surface area (Å²) in [6.07, 6.45) is 2.32. The van der Waals surface area contributed by atoms with Gasteiger partial charge in [-0.1, -0.05) is 11.3 Å². The fourth-order valence-corrected chi connectivity index (χ4v) is 3.52. The molecule has 6 nitrogen and oxygen atoms in total. The van der Waals surface area contributed by atoms with Crippen LogP contribution in [0.1, 0.15) is 12.8 Å². The quantitative estimate of drug-likeness (QED) is 0.694. The number of thiazole rings is 1. The second-order valence-corrected chi connectivity index (χ2v) is 5.99. The molecule has 1 aliphatic rings. The highest BCUT2D eigenvalue weighted by molar-refractivity contribution is 7.22. The SMILES string of the molecule is CNC1CCCN(c2nc3cc([N+](=O)[O-])ccc3s2)C1. The maximum atomic E-state index is 10.8. The van der Waals surface area contributed by atoms with Gasteiger partial charge in [-0.3, -0.25) is 10.1 Å². The molecule has 1 atom stereocenters. The number of nitrogens with one attached hydrogen (secondary N) is 1. The zero-order valence-electron chi connectivity index (χ0n) is 11.2. The molecular weight excluding hydrogens is 276 g/mol. The zero-order chi connectivity index (χ0) is 14.1. The van der Waals surface area contributed by atoms with E-state index in [4.69, 9.17) is 0 Å². The molecule has 0 bridgehead atoms. The van der Waals surface area contributed by atoms with Crippen molar-refractivity contribution in [2.24, 2.45) is 0 Å². The van der Waals surface area contributed by atoms with Crippen LogP contribution in [0.15, 0.2) is 18.2 Å². The Bertz CT molecular complexity index is 642. The molecule has 7 heteroatoms. The number of nitro groups is 1. The smallest absolute Gasteiger partial charge is 0.271 e. The summed E-state index contributed by atoms with van der Waals surface area (Å²) in [5.74, 6) is 0. The molecule has 1 unspecified atom stereocenters. The maximum Gasteiger partial charge on any atom is 0.271 e. The molecule has 20 heavy (non-hydrogen) atoms. The average molecular weight is 292 g/mol. The molecule has 2 heterocycles. The fourth-order valence-electron chi connectivity index (χ4n) is 2.54.